The average Bonchev–Trinajstić information content (AvgIpc) is 3.00. The first-order valence-corrected chi connectivity index (χ1v) is 9.33. The van der Waals surface area contributed by atoms with Crippen LogP contribution in [0.15, 0.2) is 30.2 Å². The van der Waals surface area contributed by atoms with E-state index in [0.717, 1.165) is 17.5 Å². The first-order valence-electron chi connectivity index (χ1n) is 7.78. The van der Waals surface area contributed by atoms with Crippen molar-refractivity contribution >= 4 is 15.9 Å². The van der Waals surface area contributed by atoms with Crippen molar-refractivity contribution in [2.45, 2.75) is 19.7 Å². The number of likely N-dealkylation sites (tertiary alicyclic amines) is 1. The summed E-state index contributed by atoms with van der Waals surface area (Å²) in [6.07, 6.45) is -4.17. The quantitative estimate of drug-likeness (QED) is 0.807. The lowest BCUT2D eigenvalue weighted by molar-refractivity contribution is -0.274. The highest BCUT2D eigenvalue weighted by molar-refractivity contribution is 7.92. The van der Waals surface area contributed by atoms with E-state index in [2.05, 4.69) is 16.0 Å². The number of alkyl halides is 3. The van der Waals surface area contributed by atoms with Gasteiger partial charge >= 0.3 is 6.36 Å². The Morgan fingerprint density at radius 2 is 2.15 bits per heavy atom. The number of hydrogen-bond acceptors (Lipinski definition) is 4. The van der Waals surface area contributed by atoms with Crippen molar-refractivity contribution in [3.8, 4) is 5.75 Å². The minimum Gasteiger partial charge on any atom is -0.406 e. The van der Waals surface area contributed by atoms with Gasteiger partial charge in [0, 0.05) is 30.6 Å². The number of halogens is 3. The predicted octanol–water partition coefficient (Wildman–Crippen LogP) is 2.42. The number of hydrogen-bond donors (Lipinski definition) is 1. The number of rotatable bonds is 6. The molecule has 0 radical (unpaired) electrons. The van der Waals surface area contributed by atoms with Gasteiger partial charge in [-0.2, -0.15) is 0 Å². The van der Waals surface area contributed by atoms with Gasteiger partial charge in [0.25, 0.3) is 5.91 Å². The monoisotopic (exact) mass is 392 g/mol. The third-order valence-electron chi connectivity index (χ3n) is 4.03. The molecule has 26 heavy (non-hydrogen) atoms. The zero-order valence-corrected chi connectivity index (χ0v) is 14.9. The van der Waals surface area contributed by atoms with Gasteiger partial charge in [-0.05, 0) is 43.0 Å². The summed E-state index contributed by atoms with van der Waals surface area (Å²) in [6.45, 7) is 5.73. The van der Waals surface area contributed by atoms with Crippen molar-refractivity contribution in [1.29, 1.82) is 0 Å². The van der Waals surface area contributed by atoms with Crippen LogP contribution in [0.5, 0.6) is 5.75 Å². The van der Waals surface area contributed by atoms with Crippen LogP contribution in [0.4, 0.5) is 13.2 Å². The van der Waals surface area contributed by atoms with Crippen molar-refractivity contribution in [2.24, 2.45) is 5.92 Å². The number of aryl methyl sites for hydroxylation is 1. The summed E-state index contributed by atoms with van der Waals surface area (Å²) in [5.74, 6) is -0.735. The van der Waals surface area contributed by atoms with Gasteiger partial charge in [-0.1, -0.05) is 6.58 Å². The van der Waals surface area contributed by atoms with E-state index in [4.69, 9.17) is 0 Å². The molecule has 1 atom stereocenters. The zero-order valence-electron chi connectivity index (χ0n) is 14.0. The van der Waals surface area contributed by atoms with Crippen LogP contribution >= 0.6 is 0 Å². The number of sulfonamides is 1. The number of carbonyl (C=O) groups is 1. The maximum Gasteiger partial charge on any atom is 0.573 e. The molecule has 2 rings (SSSR count). The van der Waals surface area contributed by atoms with Gasteiger partial charge in [0.05, 0.1) is 0 Å². The highest BCUT2D eigenvalue weighted by Crippen LogP contribution is 2.26. The summed E-state index contributed by atoms with van der Waals surface area (Å²) in [5, 5.41) is 0.818. The SMILES string of the molecule is C=CS(=O)(=O)NCC1CCN(C(=O)c2ccc(OC(F)(F)F)cc2C)C1. The van der Waals surface area contributed by atoms with E-state index in [-0.39, 0.29) is 29.7 Å². The minimum atomic E-state index is -4.79. The van der Waals surface area contributed by atoms with Crippen LogP contribution in [0.2, 0.25) is 0 Å². The molecular weight excluding hydrogens is 373 g/mol. The minimum absolute atomic E-state index is 0.0400. The van der Waals surface area contributed by atoms with Gasteiger partial charge < -0.3 is 9.64 Å². The summed E-state index contributed by atoms with van der Waals surface area (Å²) in [6, 6.07) is 3.55. The molecular formula is C16H19F3N2O4S. The van der Waals surface area contributed by atoms with Crippen molar-refractivity contribution in [3.05, 3.63) is 41.3 Å². The van der Waals surface area contributed by atoms with E-state index < -0.39 is 16.4 Å². The van der Waals surface area contributed by atoms with Gasteiger partial charge in [0.2, 0.25) is 10.0 Å². The smallest absolute Gasteiger partial charge is 0.406 e. The number of amides is 1. The second kappa shape index (κ2) is 7.67. The van der Waals surface area contributed by atoms with Crippen molar-refractivity contribution in [3.63, 3.8) is 0 Å². The van der Waals surface area contributed by atoms with Crippen LogP contribution in [-0.2, 0) is 10.0 Å². The Labute approximate surface area is 149 Å². The number of ether oxygens (including phenoxy) is 1. The predicted molar refractivity (Wildman–Crippen MR) is 89.0 cm³/mol. The Balaban J connectivity index is 2.00. The Bertz CT molecular complexity index is 793. The summed E-state index contributed by atoms with van der Waals surface area (Å²) in [5.41, 5.74) is 0.652. The van der Waals surface area contributed by atoms with Crippen LogP contribution in [-0.4, -0.2) is 45.2 Å². The third-order valence-corrected chi connectivity index (χ3v) is 5.04. The highest BCUT2D eigenvalue weighted by atomic mass is 32.2. The lowest BCUT2D eigenvalue weighted by atomic mass is 10.1. The second-order valence-electron chi connectivity index (χ2n) is 5.99. The molecule has 1 heterocycles. The van der Waals surface area contributed by atoms with E-state index >= 15 is 0 Å². The van der Waals surface area contributed by atoms with Gasteiger partial charge in [-0.25, -0.2) is 13.1 Å². The fourth-order valence-electron chi connectivity index (χ4n) is 2.72. The summed E-state index contributed by atoms with van der Waals surface area (Å²) < 4.78 is 65.7. The molecule has 1 N–H and O–H groups in total. The molecule has 10 heteroatoms. The standard InChI is InChI=1S/C16H19F3N2O4S/c1-3-26(23,24)20-9-12-6-7-21(10-12)15(22)14-5-4-13(8-11(14)2)25-16(17,18)19/h3-5,8,12,20H,1,6-7,9-10H2,2H3. The fraction of sp³-hybridized carbons (Fsp3) is 0.438. The Morgan fingerprint density at radius 3 is 2.73 bits per heavy atom. The molecule has 0 spiro atoms. The number of nitrogens with one attached hydrogen (secondary N) is 1. The van der Waals surface area contributed by atoms with Crippen molar-refractivity contribution < 1.29 is 31.1 Å². The van der Waals surface area contributed by atoms with Gasteiger partial charge in [-0.3, -0.25) is 4.79 Å². The maximum atomic E-state index is 12.6. The lowest BCUT2D eigenvalue weighted by Gasteiger charge is -2.18. The first kappa shape index (κ1) is 20.2. The highest BCUT2D eigenvalue weighted by Gasteiger charge is 2.32. The first-order chi connectivity index (χ1) is 12.0. The van der Waals surface area contributed by atoms with E-state index in [1.54, 1.807) is 4.90 Å². The number of benzene rings is 1. The molecule has 144 valence electrons. The molecule has 1 aliphatic rings. The second-order valence-corrected chi connectivity index (χ2v) is 7.70. The molecule has 1 amide bonds. The van der Waals surface area contributed by atoms with E-state index in [9.17, 15) is 26.4 Å². The molecule has 1 fully saturated rings. The molecule has 1 saturated heterocycles. The zero-order chi connectivity index (χ0) is 19.5. The molecule has 6 nitrogen and oxygen atoms in total. The largest absolute Gasteiger partial charge is 0.573 e. The lowest BCUT2D eigenvalue weighted by Crippen LogP contribution is -2.32. The van der Waals surface area contributed by atoms with Gasteiger partial charge in [-0.15, -0.1) is 13.2 Å². The molecule has 1 unspecified atom stereocenters. The summed E-state index contributed by atoms with van der Waals surface area (Å²) in [4.78, 5) is 14.1. The molecule has 1 aromatic carbocycles. The van der Waals surface area contributed by atoms with Crippen LogP contribution in [0, 0.1) is 12.8 Å². The average molecular weight is 392 g/mol. The van der Waals surface area contributed by atoms with E-state index in [0.29, 0.717) is 25.1 Å². The third kappa shape index (κ3) is 5.46. The molecule has 0 saturated carbocycles. The number of nitrogens with zero attached hydrogens (tertiary/aromatic N) is 1. The van der Waals surface area contributed by atoms with Crippen molar-refractivity contribution in [2.75, 3.05) is 19.6 Å². The van der Waals surface area contributed by atoms with Crippen LogP contribution in [0.25, 0.3) is 0 Å². The van der Waals surface area contributed by atoms with E-state index in [1.165, 1.54) is 13.0 Å². The van der Waals surface area contributed by atoms with Crippen LogP contribution < -0.4 is 9.46 Å². The Morgan fingerprint density at radius 1 is 1.46 bits per heavy atom. The topological polar surface area (TPSA) is 75.7 Å². The summed E-state index contributed by atoms with van der Waals surface area (Å²) >= 11 is 0. The molecule has 0 aliphatic carbocycles. The Hall–Kier alpha value is -2.07. The van der Waals surface area contributed by atoms with Crippen molar-refractivity contribution in [1.82, 2.24) is 9.62 Å². The van der Waals surface area contributed by atoms with E-state index in [1.807, 2.05) is 0 Å². The normalized spacial score (nSPS) is 18.0. The van der Waals surface area contributed by atoms with Gasteiger partial charge in [0.15, 0.2) is 0 Å². The fourth-order valence-corrected chi connectivity index (χ4v) is 3.31. The molecule has 0 bridgehead atoms. The molecule has 1 aromatic rings. The summed E-state index contributed by atoms with van der Waals surface area (Å²) in [7, 11) is -3.52. The van der Waals surface area contributed by atoms with Crippen LogP contribution in [0.3, 0.4) is 0 Å². The molecule has 1 aliphatic heterocycles. The Kier molecular flexibility index (Phi) is 5.97. The molecule has 0 aromatic heterocycles. The number of carbonyl (C=O) groups excluding carboxylic acids is 1. The maximum absolute atomic E-state index is 12.6. The van der Waals surface area contributed by atoms with Gasteiger partial charge in [0.1, 0.15) is 5.75 Å². The van der Waals surface area contributed by atoms with Crippen LogP contribution in [0.1, 0.15) is 22.3 Å².